The molecule has 138 valence electrons. The van der Waals surface area contributed by atoms with E-state index in [1.165, 1.54) is 0 Å². The van der Waals surface area contributed by atoms with E-state index in [1.54, 1.807) is 12.1 Å². The van der Waals surface area contributed by atoms with E-state index in [-0.39, 0.29) is 0 Å². The van der Waals surface area contributed by atoms with Gasteiger partial charge in [0.15, 0.2) is 5.82 Å². The zero-order valence-corrected chi connectivity index (χ0v) is 15.0. The van der Waals surface area contributed by atoms with Crippen LogP contribution in [0.1, 0.15) is 25.1 Å². The van der Waals surface area contributed by atoms with E-state index in [0.29, 0.717) is 37.0 Å². The average Bonchev–Trinajstić information content (AvgIpc) is 2.97. The van der Waals surface area contributed by atoms with Crippen molar-refractivity contribution in [2.24, 2.45) is 0 Å². The quantitative estimate of drug-likeness (QED) is 0.567. The summed E-state index contributed by atoms with van der Waals surface area (Å²) in [7, 11) is 0. The second-order valence-corrected chi connectivity index (χ2v) is 7.01. The van der Waals surface area contributed by atoms with Crippen LogP contribution in [-0.4, -0.2) is 41.5 Å². The highest BCUT2D eigenvalue weighted by Gasteiger charge is 2.37. The van der Waals surface area contributed by atoms with Crippen molar-refractivity contribution < 1.29 is 14.7 Å². The maximum absolute atomic E-state index is 9.27. The molecule has 8 nitrogen and oxygen atoms in total. The molecule has 0 radical (unpaired) electrons. The molecule has 2 aliphatic rings. The molecule has 1 saturated heterocycles. The van der Waals surface area contributed by atoms with Crippen LogP contribution in [0.15, 0.2) is 18.2 Å². The van der Waals surface area contributed by atoms with Crippen LogP contribution in [0.2, 0.25) is 0 Å². The number of hydrogen-bond acceptors (Lipinski definition) is 8. The Hall–Kier alpha value is -2.42. The molecule has 0 amide bonds. The van der Waals surface area contributed by atoms with E-state index in [9.17, 15) is 5.21 Å². The van der Waals surface area contributed by atoms with Gasteiger partial charge in [0.05, 0.1) is 36.9 Å². The smallest absolute Gasteiger partial charge is 0.161 e. The highest BCUT2D eigenvalue weighted by Crippen LogP contribution is 2.40. The van der Waals surface area contributed by atoms with Crippen LogP contribution in [0.25, 0.3) is 11.4 Å². The van der Waals surface area contributed by atoms with Crippen LogP contribution in [0.3, 0.4) is 0 Å². The molecule has 8 heteroatoms. The van der Waals surface area contributed by atoms with Crippen LogP contribution in [0, 0.1) is 0 Å². The van der Waals surface area contributed by atoms with Gasteiger partial charge >= 0.3 is 0 Å². The Kier molecular flexibility index (Phi) is 4.18. The molecule has 0 spiro atoms. The summed E-state index contributed by atoms with van der Waals surface area (Å²) >= 11 is 0. The number of aromatic nitrogens is 2. The third kappa shape index (κ3) is 2.86. The Bertz CT molecular complexity index is 834. The van der Waals surface area contributed by atoms with E-state index in [1.807, 2.05) is 19.9 Å². The molecule has 0 bridgehead atoms. The highest BCUT2D eigenvalue weighted by molar-refractivity contribution is 5.74. The Balaban J connectivity index is 1.85. The van der Waals surface area contributed by atoms with Crippen molar-refractivity contribution in [3.8, 4) is 11.4 Å². The zero-order valence-electron chi connectivity index (χ0n) is 15.0. The molecule has 1 aromatic heterocycles. The fraction of sp³-hybridized carbons (Fsp3) is 0.444. The molecule has 0 aliphatic carbocycles. The Morgan fingerprint density at radius 1 is 1.23 bits per heavy atom. The van der Waals surface area contributed by atoms with Crippen molar-refractivity contribution in [3.05, 3.63) is 29.5 Å². The molecule has 2 aliphatic heterocycles. The van der Waals surface area contributed by atoms with E-state index < -0.39 is 5.60 Å². The van der Waals surface area contributed by atoms with Crippen LogP contribution < -0.4 is 16.1 Å². The lowest BCUT2D eigenvalue weighted by Gasteiger charge is -2.29. The van der Waals surface area contributed by atoms with Gasteiger partial charge in [0.2, 0.25) is 0 Å². The van der Waals surface area contributed by atoms with Crippen molar-refractivity contribution in [1.29, 1.82) is 0 Å². The molecule has 3 heterocycles. The fourth-order valence-corrected chi connectivity index (χ4v) is 3.38. The van der Waals surface area contributed by atoms with Crippen molar-refractivity contribution in [2.45, 2.75) is 26.1 Å². The number of hydrogen-bond donors (Lipinski definition) is 3. The Morgan fingerprint density at radius 3 is 2.73 bits per heavy atom. The molecule has 1 aromatic carbocycles. The Morgan fingerprint density at radius 2 is 2.00 bits per heavy atom. The zero-order chi connectivity index (χ0) is 18.3. The van der Waals surface area contributed by atoms with Gasteiger partial charge in [-0.25, -0.2) is 9.97 Å². The molecule has 0 saturated carbocycles. The first-order valence-corrected chi connectivity index (χ1v) is 8.67. The normalized spacial score (nSPS) is 18.7. The number of fused-ring (bicyclic) bond motifs is 1. The van der Waals surface area contributed by atoms with Crippen LogP contribution >= 0.6 is 0 Å². The first kappa shape index (κ1) is 17.0. The number of anilines is 3. The van der Waals surface area contributed by atoms with Crippen molar-refractivity contribution in [2.75, 3.05) is 42.4 Å². The first-order chi connectivity index (χ1) is 12.5. The molecular formula is C18H23N5O3. The van der Waals surface area contributed by atoms with E-state index in [2.05, 4.69) is 10.4 Å². The monoisotopic (exact) mass is 357 g/mol. The lowest BCUT2D eigenvalue weighted by atomic mass is 10.0. The van der Waals surface area contributed by atoms with Gasteiger partial charge in [0, 0.05) is 24.2 Å². The number of morpholine rings is 1. The summed E-state index contributed by atoms with van der Waals surface area (Å²) < 4.78 is 11.4. The van der Waals surface area contributed by atoms with Crippen molar-refractivity contribution in [1.82, 2.24) is 9.97 Å². The number of ether oxygens (including phenoxy) is 2. The van der Waals surface area contributed by atoms with Crippen molar-refractivity contribution in [3.63, 3.8) is 0 Å². The maximum atomic E-state index is 9.27. The molecule has 0 atom stereocenters. The van der Waals surface area contributed by atoms with Crippen LogP contribution in [0.5, 0.6) is 0 Å². The topological polar surface area (TPSA) is 106 Å². The third-order valence-electron chi connectivity index (χ3n) is 4.88. The summed E-state index contributed by atoms with van der Waals surface area (Å²) in [6, 6.07) is 5.31. The summed E-state index contributed by atoms with van der Waals surface area (Å²) in [4.78, 5) is 11.9. The number of rotatable bonds is 3. The molecule has 4 rings (SSSR count). The fourth-order valence-electron chi connectivity index (χ4n) is 3.38. The SMILES string of the molecule is CC1(C)OCc2c(N3CCOCC3)nc(-c3ccc(N)c(NO)c3)nc21. The minimum Gasteiger partial charge on any atom is -0.397 e. The lowest BCUT2D eigenvalue weighted by molar-refractivity contribution is -0.0100. The summed E-state index contributed by atoms with van der Waals surface area (Å²) in [6.07, 6.45) is 0. The van der Waals surface area contributed by atoms with Gasteiger partial charge in [-0.15, -0.1) is 0 Å². The average molecular weight is 357 g/mol. The van der Waals surface area contributed by atoms with Crippen LogP contribution in [-0.2, 0) is 21.7 Å². The second kappa shape index (κ2) is 6.39. The standard InChI is InChI=1S/C18H23N5O3/c1-18(2)15-12(10-26-18)17(23-5-7-25-8-6-23)21-16(20-15)11-3-4-13(19)14(9-11)22-24/h3-4,9,22,24H,5-8,10,19H2,1-2H3. The summed E-state index contributed by atoms with van der Waals surface area (Å²) in [5, 5.41) is 9.27. The Labute approximate surface area is 151 Å². The first-order valence-electron chi connectivity index (χ1n) is 8.67. The summed E-state index contributed by atoms with van der Waals surface area (Å²) in [5.74, 6) is 1.48. The van der Waals surface area contributed by atoms with E-state index >= 15 is 0 Å². The lowest BCUT2D eigenvalue weighted by Crippen LogP contribution is -2.37. The molecule has 26 heavy (non-hydrogen) atoms. The number of nitrogens with zero attached hydrogens (tertiary/aromatic N) is 3. The molecule has 2 aromatic rings. The van der Waals surface area contributed by atoms with Crippen molar-refractivity contribution >= 4 is 17.2 Å². The van der Waals surface area contributed by atoms with Crippen LogP contribution in [0.4, 0.5) is 17.2 Å². The molecule has 4 N–H and O–H groups in total. The van der Waals surface area contributed by atoms with Gasteiger partial charge in [-0.05, 0) is 32.0 Å². The number of nitrogens with two attached hydrogens (primary N) is 1. The van der Waals surface area contributed by atoms with Gasteiger partial charge in [-0.3, -0.25) is 10.7 Å². The largest absolute Gasteiger partial charge is 0.397 e. The molecule has 1 fully saturated rings. The predicted molar refractivity (Wildman–Crippen MR) is 98.1 cm³/mol. The highest BCUT2D eigenvalue weighted by atomic mass is 16.5. The van der Waals surface area contributed by atoms with Gasteiger partial charge < -0.3 is 20.1 Å². The molecule has 0 unspecified atom stereocenters. The van der Waals surface area contributed by atoms with E-state index in [0.717, 1.165) is 35.7 Å². The molecular weight excluding hydrogens is 334 g/mol. The maximum Gasteiger partial charge on any atom is 0.161 e. The van der Waals surface area contributed by atoms with Gasteiger partial charge in [-0.2, -0.15) is 0 Å². The second-order valence-electron chi connectivity index (χ2n) is 7.01. The van der Waals surface area contributed by atoms with Gasteiger partial charge in [0.1, 0.15) is 11.4 Å². The van der Waals surface area contributed by atoms with E-state index in [4.69, 9.17) is 25.2 Å². The minimum absolute atomic E-state index is 0.426. The predicted octanol–water partition coefficient (Wildman–Crippen LogP) is 2.13. The number of benzene rings is 1. The third-order valence-corrected chi connectivity index (χ3v) is 4.88. The summed E-state index contributed by atoms with van der Waals surface area (Å²) in [6.45, 7) is 7.46. The number of nitrogen functional groups attached to an aromatic ring is 1. The number of nitrogens with one attached hydrogen (secondary N) is 1. The van der Waals surface area contributed by atoms with Gasteiger partial charge in [0.25, 0.3) is 0 Å². The minimum atomic E-state index is -0.472. The van der Waals surface area contributed by atoms with Gasteiger partial charge in [-0.1, -0.05) is 0 Å². The summed E-state index contributed by atoms with van der Waals surface area (Å²) in [5.41, 5.74) is 11.1.